The first kappa shape index (κ1) is 21.9. The fourth-order valence-electron chi connectivity index (χ4n) is 2.35. The first-order valence-corrected chi connectivity index (χ1v) is 10.6. The van der Waals surface area contributed by atoms with Crippen molar-refractivity contribution >= 4 is 21.6 Å². The summed E-state index contributed by atoms with van der Waals surface area (Å²) in [6.45, 7) is 10.1. The zero-order chi connectivity index (χ0) is 20.9. The lowest BCUT2D eigenvalue weighted by Crippen LogP contribution is -2.40. The highest BCUT2D eigenvalue weighted by molar-refractivity contribution is 7.89. The van der Waals surface area contributed by atoms with E-state index in [9.17, 15) is 13.2 Å². The summed E-state index contributed by atoms with van der Waals surface area (Å²) in [6, 6.07) is 13.0. The van der Waals surface area contributed by atoms with Gasteiger partial charge in [-0.15, -0.1) is 0 Å². The maximum absolute atomic E-state index is 12.4. The Morgan fingerprint density at radius 2 is 1.57 bits per heavy atom. The van der Waals surface area contributed by atoms with Crippen molar-refractivity contribution in [2.75, 3.05) is 11.9 Å². The van der Waals surface area contributed by atoms with Crippen molar-refractivity contribution in [1.82, 2.24) is 4.72 Å². The molecule has 2 rings (SSSR count). The smallest absolute Gasteiger partial charge is 0.255 e. The topological polar surface area (TPSA) is 84.5 Å². The van der Waals surface area contributed by atoms with Crippen LogP contribution in [-0.2, 0) is 10.0 Å². The van der Waals surface area contributed by atoms with Gasteiger partial charge in [0.2, 0.25) is 10.0 Å². The van der Waals surface area contributed by atoms with Gasteiger partial charge >= 0.3 is 0 Å². The van der Waals surface area contributed by atoms with Crippen LogP contribution in [0.4, 0.5) is 5.69 Å². The van der Waals surface area contributed by atoms with Crippen molar-refractivity contribution in [3.05, 3.63) is 54.1 Å². The van der Waals surface area contributed by atoms with Gasteiger partial charge in [0.1, 0.15) is 5.75 Å². The molecule has 0 aliphatic rings. The molecule has 0 atom stereocenters. The normalized spacial score (nSPS) is 12.1. The Hall–Kier alpha value is -2.38. The number of carbonyl (C=O) groups is 1. The first-order valence-electron chi connectivity index (χ1n) is 9.14. The van der Waals surface area contributed by atoms with Gasteiger partial charge in [-0.2, -0.15) is 0 Å². The van der Waals surface area contributed by atoms with Crippen molar-refractivity contribution in [1.29, 1.82) is 0 Å². The molecule has 0 saturated carbocycles. The molecule has 0 bridgehead atoms. The van der Waals surface area contributed by atoms with Gasteiger partial charge < -0.3 is 10.1 Å². The third-order valence-electron chi connectivity index (χ3n) is 3.56. The number of ether oxygens (including phenoxy) is 1. The predicted molar refractivity (Wildman–Crippen MR) is 111 cm³/mol. The maximum atomic E-state index is 12.4. The summed E-state index contributed by atoms with van der Waals surface area (Å²) in [7, 11) is -3.61. The fourth-order valence-corrected chi connectivity index (χ4v) is 3.77. The molecule has 0 aliphatic carbocycles. The molecule has 1 amide bonds. The molecule has 0 fully saturated rings. The molecular formula is C21H28N2O4S. The van der Waals surface area contributed by atoms with E-state index in [-0.39, 0.29) is 10.8 Å². The first-order chi connectivity index (χ1) is 13.0. The molecular weight excluding hydrogens is 376 g/mol. The van der Waals surface area contributed by atoms with Crippen LogP contribution in [0.1, 0.15) is 45.0 Å². The molecule has 6 nitrogen and oxygen atoms in total. The van der Waals surface area contributed by atoms with E-state index in [0.717, 1.165) is 0 Å². The van der Waals surface area contributed by atoms with E-state index in [4.69, 9.17) is 4.74 Å². The maximum Gasteiger partial charge on any atom is 0.255 e. The second-order valence-corrected chi connectivity index (χ2v) is 9.75. The van der Waals surface area contributed by atoms with Crippen LogP contribution in [0.5, 0.6) is 5.75 Å². The molecule has 0 unspecified atom stereocenters. The molecule has 28 heavy (non-hydrogen) atoms. The summed E-state index contributed by atoms with van der Waals surface area (Å²) in [5.41, 5.74) is 0.430. The SMILES string of the molecule is CC(C)COc1ccc(C(=O)Nc2ccc(S(=O)(=O)NC(C)(C)C)cc2)cc1. The van der Waals surface area contributed by atoms with Crippen LogP contribution in [0.15, 0.2) is 53.4 Å². The Morgan fingerprint density at radius 3 is 2.07 bits per heavy atom. The average Bonchev–Trinajstić information content (AvgIpc) is 2.59. The van der Waals surface area contributed by atoms with Gasteiger partial charge in [0, 0.05) is 16.8 Å². The molecule has 2 aromatic carbocycles. The van der Waals surface area contributed by atoms with Crippen molar-refractivity contribution in [2.45, 2.75) is 45.1 Å². The van der Waals surface area contributed by atoms with Crippen molar-refractivity contribution < 1.29 is 17.9 Å². The molecule has 0 heterocycles. The van der Waals surface area contributed by atoms with E-state index >= 15 is 0 Å². The number of rotatable bonds is 7. The molecule has 0 spiro atoms. The summed E-state index contributed by atoms with van der Waals surface area (Å²) >= 11 is 0. The molecule has 152 valence electrons. The molecule has 0 aliphatic heterocycles. The predicted octanol–water partition coefficient (Wildman–Crippen LogP) is 4.05. The van der Waals surface area contributed by atoms with E-state index in [1.807, 2.05) is 0 Å². The highest BCUT2D eigenvalue weighted by Gasteiger charge is 2.21. The average molecular weight is 405 g/mol. The van der Waals surface area contributed by atoms with E-state index in [2.05, 4.69) is 23.9 Å². The van der Waals surface area contributed by atoms with E-state index in [0.29, 0.717) is 29.5 Å². The van der Waals surface area contributed by atoms with E-state index in [1.54, 1.807) is 57.2 Å². The number of carbonyl (C=O) groups excluding carboxylic acids is 1. The zero-order valence-electron chi connectivity index (χ0n) is 16.9. The molecule has 2 N–H and O–H groups in total. The highest BCUT2D eigenvalue weighted by Crippen LogP contribution is 2.18. The Balaban J connectivity index is 2.03. The monoisotopic (exact) mass is 404 g/mol. The molecule has 7 heteroatoms. The number of amides is 1. The number of nitrogens with one attached hydrogen (secondary N) is 2. The van der Waals surface area contributed by atoms with E-state index < -0.39 is 15.6 Å². The zero-order valence-corrected chi connectivity index (χ0v) is 17.8. The highest BCUT2D eigenvalue weighted by atomic mass is 32.2. The minimum absolute atomic E-state index is 0.145. The van der Waals surface area contributed by atoms with Gasteiger partial charge in [-0.3, -0.25) is 4.79 Å². The van der Waals surface area contributed by atoms with Crippen molar-refractivity contribution in [3.8, 4) is 5.75 Å². The van der Waals surface area contributed by atoms with Crippen molar-refractivity contribution in [3.63, 3.8) is 0 Å². The Labute approximate surface area is 167 Å². The van der Waals surface area contributed by atoms with Gasteiger partial charge in [-0.25, -0.2) is 13.1 Å². The van der Waals surface area contributed by atoms with Crippen LogP contribution in [-0.4, -0.2) is 26.5 Å². The molecule has 2 aromatic rings. The van der Waals surface area contributed by atoms with Gasteiger partial charge in [0.05, 0.1) is 11.5 Å². The summed E-state index contributed by atoms with van der Waals surface area (Å²) in [5.74, 6) is 0.860. The van der Waals surface area contributed by atoms with Crippen LogP contribution in [0.2, 0.25) is 0 Å². The number of hydrogen-bond donors (Lipinski definition) is 2. The minimum Gasteiger partial charge on any atom is -0.493 e. The van der Waals surface area contributed by atoms with Crippen LogP contribution >= 0.6 is 0 Å². The van der Waals surface area contributed by atoms with Gasteiger partial charge in [0.25, 0.3) is 5.91 Å². The minimum atomic E-state index is -3.61. The lowest BCUT2D eigenvalue weighted by molar-refractivity contribution is 0.102. The lowest BCUT2D eigenvalue weighted by atomic mass is 10.1. The van der Waals surface area contributed by atoms with Crippen LogP contribution in [0.25, 0.3) is 0 Å². The third kappa shape index (κ3) is 6.65. The van der Waals surface area contributed by atoms with Crippen LogP contribution in [0.3, 0.4) is 0 Å². The second-order valence-electron chi connectivity index (χ2n) is 8.06. The lowest BCUT2D eigenvalue weighted by Gasteiger charge is -2.20. The third-order valence-corrected chi connectivity index (χ3v) is 5.34. The molecule has 0 radical (unpaired) electrons. The summed E-state index contributed by atoms with van der Waals surface area (Å²) < 4.78 is 32.8. The summed E-state index contributed by atoms with van der Waals surface area (Å²) in [6.07, 6.45) is 0. The molecule has 0 aromatic heterocycles. The fraction of sp³-hybridized carbons (Fsp3) is 0.381. The quantitative estimate of drug-likeness (QED) is 0.729. The van der Waals surface area contributed by atoms with Crippen LogP contribution in [0, 0.1) is 5.92 Å². The number of anilines is 1. The van der Waals surface area contributed by atoms with Gasteiger partial charge in [-0.05, 0) is 75.2 Å². The summed E-state index contributed by atoms with van der Waals surface area (Å²) in [4.78, 5) is 12.5. The number of benzene rings is 2. The standard InChI is InChI=1S/C21H28N2O4S/c1-15(2)14-27-18-10-6-16(7-11-18)20(24)22-17-8-12-19(13-9-17)28(25,26)23-21(3,4)5/h6-13,15,23H,14H2,1-5H3,(H,22,24). The second kappa shape index (κ2) is 8.75. The van der Waals surface area contributed by atoms with Crippen molar-refractivity contribution in [2.24, 2.45) is 5.92 Å². The van der Waals surface area contributed by atoms with Gasteiger partial charge in [-0.1, -0.05) is 13.8 Å². The largest absolute Gasteiger partial charge is 0.493 e. The summed E-state index contributed by atoms with van der Waals surface area (Å²) in [5, 5.41) is 2.76. The number of sulfonamides is 1. The molecule has 0 saturated heterocycles. The Bertz CT molecular complexity index is 897. The Kier molecular flexibility index (Phi) is 6.85. The van der Waals surface area contributed by atoms with Crippen LogP contribution < -0.4 is 14.8 Å². The number of hydrogen-bond acceptors (Lipinski definition) is 4. The van der Waals surface area contributed by atoms with E-state index in [1.165, 1.54) is 12.1 Å². The Morgan fingerprint density at radius 1 is 1.00 bits per heavy atom. The van der Waals surface area contributed by atoms with Gasteiger partial charge in [0.15, 0.2) is 0 Å².